The van der Waals surface area contributed by atoms with Gasteiger partial charge in [0.1, 0.15) is 0 Å². The molecule has 2 aromatic rings. The normalized spacial score (nSPS) is 15.9. The van der Waals surface area contributed by atoms with Crippen molar-refractivity contribution in [3.8, 4) is 0 Å². The third-order valence-corrected chi connectivity index (χ3v) is 5.39. The van der Waals surface area contributed by atoms with E-state index >= 15 is 0 Å². The van der Waals surface area contributed by atoms with Crippen LogP contribution in [0.1, 0.15) is 33.6 Å². The molecule has 148 valence electrons. The molecule has 1 aliphatic heterocycles. The number of benzene rings is 1. The highest BCUT2D eigenvalue weighted by atomic mass is 32.2. The molecule has 7 nitrogen and oxygen atoms in total. The van der Waals surface area contributed by atoms with Crippen LogP contribution in [0, 0.1) is 5.92 Å². The van der Waals surface area contributed by atoms with Crippen molar-refractivity contribution in [3.05, 3.63) is 59.9 Å². The number of carbonyl (C=O) groups excluding carboxylic acids is 2. The molecule has 0 spiro atoms. The minimum Gasteiger partial charge on any atom is -0.296 e. The van der Waals surface area contributed by atoms with Crippen molar-refractivity contribution >= 4 is 27.3 Å². The Morgan fingerprint density at radius 1 is 1.11 bits per heavy atom. The van der Waals surface area contributed by atoms with Crippen LogP contribution in [0.3, 0.4) is 0 Å². The second-order valence-electron chi connectivity index (χ2n) is 7.03. The standard InChI is InChI=1S/C20H23N3O4S/c1-28(26,27)22-18-6-4-15(5-7-18)20(25)16-8-11-23(12-9-16)14-19(24)17-3-2-10-21-13-17/h2-7,10,13,16,22H,8-9,11-12,14H2,1H3. The lowest BCUT2D eigenvalue weighted by Crippen LogP contribution is -2.39. The van der Waals surface area contributed by atoms with Crippen LogP contribution in [-0.2, 0) is 10.0 Å². The van der Waals surface area contributed by atoms with Gasteiger partial charge in [-0.3, -0.25) is 24.2 Å². The molecule has 1 saturated heterocycles. The lowest BCUT2D eigenvalue weighted by Gasteiger charge is -2.30. The van der Waals surface area contributed by atoms with Crippen LogP contribution in [0.25, 0.3) is 0 Å². The summed E-state index contributed by atoms with van der Waals surface area (Å²) in [5.41, 5.74) is 1.61. The summed E-state index contributed by atoms with van der Waals surface area (Å²) < 4.78 is 24.9. The Morgan fingerprint density at radius 3 is 2.36 bits per heavy atom. The summed E-state index contributed by atoms with van der Waals surface area (Å²) in [6.07, 6.45) is 5.68. The van der Waals surface area contributed by atoms with Crippen molar-refractivity contribution in [3.63, 3.8) is 0 Å². The van der Waals surface area contributed by atoms with Gasteiger partial charge in [0, 0.05) is 35.1 Å². The Balaban J connectivity index is 1.53. The number of nitrogens with one attached hydrogen (secondary N) is 1. The van der Waals surface area contributed by atoms with Crippen LogP contribution in [0.15, 0.2) is 48.8 Å². The van der Waals surface area contributed by atoms with E-state index in [0.29, 0.717) is 49.3 Å². The van der Waals surface area contributed by atoms with Crippen LogP contribution in [-0.4, -0.2) is 55.8 Å². The SMILES string of the molecule is CS(=O)(=O)Nc1ccc(C(=O)C2CCN(CC(=O)c3cccnc3)CC2)cc1. The number of anilines is 1. The molecule has 0 amide bonds. The Hall–Kier alpha value is -2.58. The zero-order valence-electron chi connectivity index (χ0n) is 15.7. The molecule has 8 heteroatoms. The first-order chi connectivity index (χ1) is 13.3. The van der Waals surface area contributed by atoms with Crippen molar-refractivity contribution in [1.29, 1.82) is 0 Å². The first-order valence-electron chi connectivity index (χ1n) is 9.09. The fourth-order valence-corrected chi connectivity index (χ4v) is 3.89. The van der Waals surface area contributed by atoms with Crippen LogP contribution >= 0.6 is 0 Å². The average molecular weight is 401 g/mol. The average Bonchev–Trinajstić information content (AvgIpc) is 2.68. The highest BCUT2D eigenvalue weighted by Gasteiger charge is 2.26. The molecule has 3 rings (SSSR count). The Bertz CT molecular complexity index is 935. The van der Waals surface area contributed by atoms with E-state index in [1.807, 2.05) is 0 Å². The number of sulfonamides is 1. The first kappa shape index (κ1) is 20.2. The van der Waals surface area contributed by atoms with Crippen LogP contribution in [0.2, 0.25) is 0 Å². The van der Waals surface area contributed by atoms with Gasteiger partial charge >= 0.3 is 0 Å². The minimum absolute atomic E-state index is 0.0341. The van der Waals surface area contributed by atoms with Gasteiger partial charge in [-0.2, -0.15) is 0 Å². The molecule has 0 aliphatic carbocycles. The van der Waals surface area contributed by atoms with Gasteiger partial charge in [0.15, 0.2) is 11.6 Å². The smallest absolute Gasteiger partial charge is 0.229 e. The van der Waals surface area contributed by atoms with E-state index in [1.54, 1.807) is 48.8 Å². The molecule has 1 N–H and O–H groups in total. The number of nitrogens with zero attached hydrogens (tertiary/aromatic N) is 2. The van der Waals surface area contributed by atoms with E-state index < -0.39 is 10.0 Å². The fraction of sp³-hybridized carbons (Fsp3) is 0.350. The zero-order chi connectivity index (χ0) is 20.1. The number of Topliss-reactive ketones (excluding diaryl/α,β-unsaturated/α-hetero) is 2. The number of piperidine rings is 1. The van der Waals surface area contributed by atoms with Gasteiger partial charge in [-0.1, -0.05) is 0 Å². The van der Waals surface area contributed by atoms with Gasteiger partial charge in [0.25, 0.3) is 0 Å². The fourth-order valence-electron chi connectivity index (χ4n) is 3.33. The molecular formula is C20H23N3O4S. The van der Waals surface area contributed by atoms with E-state index in [4.69, 9.17) is 0 Å². The van der Waals surface area contributed by atoms with E-state index in [9.17, 15) is 18.0 Å². The van der Waals surface area contributed by atoms with Gasteiger partial charge in [-0.15, -0.1) is 0 Å². The predicted octanol–water partition coefficient (Wildman–Crippen LogP) is 2.23. The third-order valence-electron chi connectivity index (χ3n) is 4.78. The van der Waals surface area contributed by atoms with Crippen LogP contribution in [0.4, 0.5) is 5.69 Å². The first-order valence-corrected chi connectivity index (χ1v) is 11.0. The van der Waals surface area contributed by atoms with Crippen molar-refractivity contribution in [2.75, 3.05) is 30.6 Å². The number of hydrogen-bond donors (Lipinski definition) is 1. The highest BCUT2D eigenvalue weighted by Crippen LogP contribution is 2.23. The van der Waals surface area contributed by atoms with E-state index in [0.717, 1.165) is 6.26 Å². The van der Waals surface area contributed by atoms with Crippen molar-refractivity contribution in [2.45, 2.75) is 12.8 Å². The summed E-state index contributed by atoms with van der Waals surface area (Å²) in [4.78, 5) is 31.0. The predicted molar refractivity (Wildman–Crippen MR) is 107 cm³/mol. The number of likely N-dealkylation sites (tertiary alicyclic amines) is 1. The van der Waals surface area contributed by atoms with Crippen molar-refractivity contribution in [2.24, 2.45) is 5.92 Å². The quantitative estimate of drug-likeness (QED) is 0.715. The van der Waals surface area contributed by atoms with E-state index in [2.05, 4.69) is 14.6 Å². The maximum absolute atomic E-state index is 12.7. The molecule has 0 bridgehead atoms. The summed E-state index contributed by atoms with van der Waals surface area (Å²) >= 11 is 0. The van der Waals surface area contributed by atoms with Gasteiger partial charge in [0.2, 0.25) is 10.0 Å². The van der Waals surface area contributed by atoms with Crippen molar-refractivity contribution < 1.29 is 18.0 Å². The molecule has 1 aromatic carbocycles. The van der Waals surface area contributed by atoms with Gasteiger partial charge < -0.3 is 0 Å². The third kappa shape index (κ3) is 5.46. The number of carbonyl (C=O) groups is 2. The zero-order valence-corrected chi connectivity index (χ0v) is 16.5. The molecular weight excluding hydrogens is 378 g/mol. The van der Waals surface area contributed by atoms with Crippen LogP contribution in [0.5, 0.6) is 0 Å². The van der Waals surface area contributed by atoms with E-state index in [1.165, 1.54) is 0 Å². The lowest BCUT2D eigenvalue weighted by atomic mass is 9.88. The summed E-state index contributed by atoms with van der Waals surface area (Å²) in [5.74, 6) is 0.00874. The number of rotatable bonds is 7. The van der Waals surface area contributed by atoms with Gasteiger partial charge in [-0.05, 0) is 62.3 Å². The van der Waals surface area contributed by atoms with Gasteiger partial charge in [0.05, 0.1) is 12.8 Å². The molecule has 0 unspecified atom stereocenters. The summed E-state index contributed by atoms with van der Waals surface area (Å²) in [6.45, 7) is 1.71. The monoisotopic (exact) mass is 401 g/mol. The second-order valence-corrected chi connectivity index (χ2v) is 8.78. The number of ketones is 2. The highest BCUT2D eigenvalue weighted by molar-refractivity contribution is 7.92. The number of hydrogen-bond acceptors (Lipinski definition) is 6. The van der Waals surface area contributed by atoms with Crippen LogP contribution < -0.4 is 4.72 Å². The Kier molecular flexibility index (Phi) is 6.21. The summed E-state index contributed by atoms with van der Waals surface area (Å²) in [5, 5.41) is 0. The molecule has 2 heterocycles. The maximum Gasteiger partial charge on any atom is 0.229 e. The minimum atomic E-state index is -3.34. The Morgan fingerprint density at radius 2 is 1.79 bits per heavy atom. The molecule has 1 fully saturated rings. The maximum atomic E-state index is 12.7. The summed E-state index contributed by atoms with van der Waals surface area (Å²) in [7, 11) is -3.34. The largest absolute Gasteiger partial charge is 0.296 e. The molecule has 0 saturated carbocycles. The van der Waals surface area contributed by atoms with Crippen molar-refractivity contribution in [1.82, 2.24) is 9.88 Å². The number of pyridine rings is 1. The summed E-state index contributed by atoms with van der Waals surface area (Å²) in [6, 6.07) is 9.98. The topological polar surface area (TPSA) is 96.4 Å². The molecule has 1 aliphatic rings. The second kappa shape index (κ2) is 8.62. The molecule has 1 aromatic heterocycles. The molecule has 0 atom stereocenters. The van der Waals surface area contributed by atoms with E-state index in [-0.39, 0.29) is 17.5 Å². The van der Waals surface area contributed by atoms with Gasteiger partial charge in [-0.25, -0.2) is 8.42 Å². The number of aromatic nitrogens is 1. The Labute approximate surface area is 164 Å². The lowest BCUT2D eigenvalue weighted by molar-refractivity contribution is 0.0805. The molecule has 0 radical (unpaired) electrons. The molecule has 28 heavy (non-hydrogen) atoms.